The first-order chi connectivity index (χ1) is 18.5. The van der Waals surface area contributed by atoms with Gasteiger partial charge in [-0.3, -0.25) is 14.9 Å². The molecule has 0 radical (unpaired) electrons. The van der Waals surface area contributed by atoms with Gasteiger partial charge in [0.05, 0.1) is 0 Å². The summed E-state index contributed by atoms with van der Waals surface area (Å²) in [6.45, 7) is 0. The molecule has 1 atom stereocenters. The summed E-state index contributed by atoms with van der Waals surface area (Å²) in [5.41, 5.74) is 4.31. The van der Waals surface area contributed by atoms with Crippen LogP contribution in [0.3, 0.4) is 0 Å². The van der Waals surface area contributed by atoms with Crippen LogP contribution in [0.2, 0.25) is 5.02 Å². The van der Waals surface area contributed by atoms with Crippen LogP contribution >= 0.6 is 22.9 Å². The second kappa shape index (κ2) is 11.8. The molecule has 0 saturated heterocycles. The van der Waals surface area contributed by atoms with Crippen molar-refractivity contribution in [3.63, 3.8) is 0 Å². The fourth-order valence-corrected chi connectivity index (χ4v) is 4.80. The van der Waals surface area contributed by atoms with Gasteiger partial charge >= 0.3 is 0 Å². The highest BCUT2D eigenvalue weighted by molar-refractivity contribution is 7.18. The highest BCUT2D eigenvalue weighted by Crippen LogP contribution is 2.27. The number of anilines is 1. The molecule has 2 N–H and O–H groups in total. The van der Waals surface area contributed by atoms with E-state index in [0.29, 0.717) is 27.1 Å². The fourth-order valence-electron chi connectivity index (χ4n) is 3.92. The van der Waals surface area contributed by atoms with Crippen molar-refractivity contribution in [1.82, 2.24) is 15.5 Å². The highest BCUT2D eigenvalue weighted by Gasteiger charge is 2.23. The molecule has 0 unspecified atom stereocenters. The van der Waals surface area contributed by atoms with Crippen LogP contribution in [0.1, 0.15) is 15.9 Å². The maximum absolute atomic E-state index is 13.3. The molecule has 5 aromatic rings. The molecule has 38 heavy (non-hydrogen) atoms. The molecule has 5 rings (SSSR count). The molecule has 0 spiro atoms. The maximum atomic E-state index is 13.3. The number of aromatic nitrogens is 2. The Balaban J connectivity index is 1.31. The van der Waals surface area contributed by atoms with Gasteiger partial charge in [-0.15, -0.1) is 10.2 Å². The van der Waals surface area contributed by atoms with E-state index in [0.717, 1.165) is 22.3 Å². The lowest BCUT2D eigenvalue weighted by Gasteiger charge is -2.18. The molecule has 0 bridgehead atoms. The van der Waals surface area contributed by atoms with E-state index >= 15 is 0 Å². The molecule has 0 fully saturated rings. The average Bonchev–Trinajstić information content (AvgIpc) is 3.42. The number of amides is 2. The van der Waals surface area contributed by atoms with Gasteiger partial charge in [-0.05, 0) is 41.0 Å². The van der Waals surface area contributed by atoms with Crippen LogP contribution in [0.5, 0.6) is 0 Å². The molecule has 1 aromatic heterocycles. The highest BCUT2D eigenvalue weighted by atomic mass is 35.5. The van der Waals surface area contributed by atoms with E-state index in [4.69, 9.17) is 11.6 Å². The van der Waals surface area contributed by atoms with Crippen LogP contribution in [-0.2, 0) is 11.2 Å². The standard InChI is InChI=1S/C30H23ClN4O2S/c31-25-17-15-24(16-18-25)29-34-35-30(38-29)33-28(37)26(19-20-7-3-1-4-8-20)32-27(36)23-13-11-22(12-14-23)21-9-5-2-6-10-21/h1-18,26H,19H2,(H,32,36)(H,33,35,37)/t26-/m0/s1. The summed E-state index contributed by atoms with van der Waals surface area (Å²) in [5.74, 6) is -0.707. The quantitative estimate of drug-likeness (QED) is 0.236. The third kappa shape index (κ3) is 6.32. The Hall–Kier alpha value is -4.33. The van der Waals surface area contributed by atoms with Gasteiger partial charge in [0.15, 0.2) is 0 Å². The first kappa shape index (κ1) is 25.3. The molecule has 8 heteroatoms. The van der Waals surface area contributed by atoms with E-state index in [9.17, 15) is 9.59 Å². The number of nitrogens with one attached hydrogen (secondary N) is 2. The Morgan fingerprint density at radius 2 is 1.34 bits per heavy atom. The minimum Gasteiger partial charge on any atom is -0.340 e. The van der Waals surface area contributed by atoms with E-state index in [2.05, 4.69) is 20.8 Å². The van der Waals surface area contributed by atoms with Crippen LogP contribution in [0.15, 0.2) is 109 Å². The van der Waals surface area contributed by atoms with Crippen LogP contribution in [-0.4, -0.2) is 28.1 Å². The second-order valence-electron chi connectivity index (χ2n) is 8.57. The van der Waals surface area contributed by atoms with Gasteiger partial charge in [-0.1, -0.05) is 108 Å². The summed E-state index contributed by atoms with van der Waals surface area (Å²) >= 11 is 7.22. The Morgan fingerprint density at radius 3 is 2.03 bits per heavy atom. The van der Waals surface area contributed by atoms with Crippen molar-refractivity contribution >= 4 is 39.9 Å². The van der Waals surface area contributed by atoms with Crippen molar-refractivity contribution in [2.75, 3.05) is 5.32 Å². The van der Waals surface area contributed by atoms with Crippen molar-refractivity contribution in [2.45, 2.75) is 12.5 Å². The smallest absolute Gasteiger partial charge is 0.251 e. The molecule has 2 amide bonds. The molecule has 4 aromatic carbocycles. The summed E-state index contributed by atoms with van der Waals surface area (Å²) < 4.78 is 0. The van der Waals surface area contributed by atoms with Gasteiger partial charge in [0.1, 0.15) is 11.0 Å². The fraction of sp³-hybridized carbons (Fsp3) is 0.0667. The van der Waals surface area contributed by atoms with E-state index < -0.39 is 6.04 Å². The number of rotatable bonds is 8. The Bertz CT molecular complexity index is 1520. The molecule has 6 nitrogen and oxygen atoms in total. The van der Waals surface area contributed by atoms with Gasteiger partial charge in [0.25, 0.3) is 5.91 Å². The average molecular weight is 539 g/mol. The van der Waals surface area contributed by atoms with Gasteiger partial charge < -0.3 is 5.32 Å². The van der Waals surface area contributed by atoms with Gasteiger partial charge in [-0.25, -0.2) is 0 Å². The number of benzene rings is 4. The van der Waals surface area contributed by atoms with Crippen LogP contribution in [0, 0.1) is 0 Å². The third-order valence-corrected chi connectivity index (χ3v) is 7.04. The van der Waals surface area contributed by atoms with Crippen molar-refractivity contribution in [1.29, 1.82) is 0 Å². The lowest BCUT2D eigenvalue weighted by atomic mass is 10.0. The molecule has 188 valence electrons. The number of carbonyl (C=O) groups is 2. The SMILES string of the molecule is O=C(N[C@@H](Cc1ccccc1)C(=O)Nc1nnc(-c2ccc(Cl)cc2)s1)c1ccc(-c2ccccc2)cc1. The van der Waals surface area contributed by atoms with Crippen LogP contribution < -0.4 is 10.6 Å². The normalized spacial score (nSPS) is 11.5. The molecule has 0 aliphatic heterocycles. The van der Waals surface area contributed by atoms with Crippen molar-refractivity contribution in [3.05, 3.63) is 125 Å². The van der Waals surface area contributed by atoms with Gasteiger partial charge in [-0.2, -0.15) is 0 Å². The second-order valence-corrected chi connectivity index (χ2v) is 9.98. The van der Waals surface area contributed by atoms with E-state index in [1.54, 1.807) is 24.3 Å². The zero-order chi connectivity index (χ0) is 26.3. The van der Waals surface area contributed by atoms with Crippen LogP contribution in [0.4, 0.5) is 5.13 Å². The third-order valence-electron chi connectivity index (χ3n) is 5.90. The zero-order valence-corrected chi connectivity index (χ0v) is 21.7. The molecule has 0 aliphatic rings. The lowest BCUT2D eigenvalue weighted by Crippen LogP contribution is -2.45. The zero-order valence-electron chi connectivity index (χ0n) is 20.2. The van der Waals surface area contributed by atoms with Crippen molar-refractivity contribution < 1.29 is 9.59 Å². The monoisotopic (exact) mass is 538 g/mol. The molecule has 0 saturated carbocycles. The number of nitrogens with zero attached hydrogens (tertiary/aromatic N) is 2. The van der Waals surface area contributed by atoms with Gasteiger partial charge in [0, 0.05) is 22.6 Å². The largest absolute Gasteiger partial charge is 0.340 e. The predicted octanol–water partition coefficient (Wildman–Crippen LogP) is 6.51. The summed E-state index contributed by atoms with van der Waals surface area (Å²) in [7, 11) is 0. The molecule has 1 heterocycles. The minimum absolute atomic E-state index is 0.323. The summed E-state index contributed by atoms with van der Waals surface area (Å²) in [5, 5.41) is 15.6. The lowest BCUT2D eigenvalue weighted by molar-refractivity contribution is -0.118. The molecular weight excluding hydrogens is 516 g/mol. The summed E-state index contributed by atoms with van der Waals surface area (Å²) in [6.07, 6.45) is 0.323. The first-order valence-electron chi connectivity index (χ1n) is 12.0. The number of hydrogen-bond acceptors (Lipinski definition) is 5. The number of carbonyl (C=O) groups excluding carboxylic acids is 2. The molecule has 0 aliphatic carbocycles. The Labute approximate surface area is 229 Å². The minimum atomic E-state index is -0.818. The van der Waals surface area contributed by atoms with E-state index in [-0.39, 0.29) is 11.8 Å². The summed E-state index contributed by atoms with van der Waals surface area (Å²) in [4.78, 5) is 26.4. The van der Waals surface area contributed by atoms with E-state index in [1.807, 2.05) is 84.9 Å². The number of hydrogen-bond donors (Lipinski definition) is 2. The topological polar surface area (TPSA) is 84.0 Å². The predicted molar refractivity (Wildman–Crippen MR) is 152 cm³/mol. The van der Waals surface area contributed by atoms with E-state index in [1.165, 1.54) is 11.3 Å². The van der Waals surface area contributed by atoms with Crippen molar-refractivity contribution in [3.8, 4) is 21.7 Å². The Morgan fingerprint density at radius 1 is 0.737 bits per heavy atom. The first-order valence-corrected chi connectivity index (χ1v) is 13.2. The number of halogens is 1. The summed E-state index contributed by atoms with van der Waals surface area (Å²) in [6, 6.07) is 33.2. The Kier molecular flexibility index (Phi) is 7.87. The maximum Gasteiger partial charge on any atom is 0.251 e. The van der Waals surface area contributed by atoms with Gasteiger partial charge in [0.2, 0.25) is 11.0 Å². The van der Waals surface area contributed by atoms with Crippen LogP contribution in [0.25, 0.3) is 21.7 Å². The molecular formula is C30H23ClN4O2S. The van der Waals surface area contributed by atoms with Crippen molar-refractivity contribution in [2.24, 2.45) is 0 Å².